The van der Waals surface area contributed by atoms with E-state index < -0.39 is 17.5 Å². The van der Waals surface area contributed by atoms with Crippen molar-refractivity contribution in [3.63, 3.8) is 0 Å². The van der Waals surface area contributed by atoms with E-state index >= 15 is 0 Å². The summed E-state index contributed by atoms with van der Waals surface area (Å²) in [5.74, 6) is -1.52. The average Bonchev–Trinajstić information content (AvgIpc) is 2.10. The number of carboxylic acids is 1. The van der Waals surface area contributed by atoms with Gasteiger partial charge in [-0.05, 0) is 17.7 Å². The molecule has 0 bridgehead atoms. The minimum Gasteiger partial charge on any atom is -0.505 e. The van der Waals surface area contributed by atoms with Crippen LogP contribution < -0.4 is 0 Å². The summed E-state index contributed by atoms with van der Waals surface area (Å²) in [6, 6.07) is 3.97. The third kappa shape index (κ3) is 3.26. The second-order valence-electron chi connectivity index (χ2n) is 2.67. The van der Waals surface area contributed by atoms with Gasteiger partial charge in [0.25, 0.3) is 0 Å². The molecule has 0 radical (unpaired) electrons. The molecule has 1 rings (SSSR count). The Bertz CT molecular complexity index is 341. The summed E-state index contributed by atoms with van der Waals surface area (Å²) in [7, 11) is 0. The van der Waals surface area contributed by atoms with Gasteiger partial charge in [0.05, 0.1) is 5.75 Å². The number of hydrogen-bond donors (Lipinski definition) is 2. The van der Waals surface area contributed by atoms with E-state index in [1.54, 1.807) is 0 Å². The number of aromatic hydroxyl groups is 1. The molecule has 0 aromatic heterocycles. The van der Waals surface area contributed by atoms with E-state index in [4.69, 9.17) is 10.2 Å². The molecule has 0 aliphatic rings. The monoisotopic (exact) mass is 216 g/mol. The number of halogens is 1. The van der Waals surface area contributed by atoms with Gasteiger partial charge in [0.1, 0.15) is 0 Å². The zero-order valence-corrected chi connectivity index (χ0v) is 8.05. The van der Waals surface area contributed by atoms with Crippen molar-refractivity contribution in [3.8, 4) is 5.75 Å². The van der Waals surface area contributed by atoms with E-state index in [9.17, 15) is 9.18 Å². The molecule has 0 amide bonds. The fraction of sp³-hybridized carbons (Fsp3) is 0.222. The standard InChI is InChI=1S/C9H9FO3S/c10-7-2-1-6(3-8(7)11)4-14-5-9(12)13/h1-3,11H,4-5H2,(H,12,13). The average molecular weight is 216 g/mol. The summed E-state index contributed by atoms with van der Waals surface area (Å²) in [5, 5.41) is 17.4. The number of rotatable bonds is 4. The molecule has 14 heavy (non-hydrogen) atoms. The van der Waals surface area contributed by atoms with Crippen LogP contribution in [0.3, 0.4) is 0 Å². The first-order chi connectivity index (χ1) is 6.59. The number of hydrogen-bond acceptors (Lipinski definition) is 3. The summed E-state index contributed by atoms with van der Waals surface area (Å²) < 4.78 is 12.6. The Kier molecular flexibility index (Phi) is 3.76. The highest BCUT2D eigenvalue weighted by Crippen LogP contribution is 2.20. The lowest BCUT2D eigenvalue weighted by atomic mass is 10.2. The first-order valence-corrected chi connectivity index (χ1v) is 5.02. The minimum atomic E-state index is -0.888. The largest absolute Gasteiger partial charge is 0.505 e. The van der Waals surface area contributed by atoms with Crippen molar-refractivity contribution in [2.24, 2.45) is 0 Å². The number of thioether (sulfide) groups is 1. The van der Waals surface area contributed by atoms with Crippen LogP contribution in [0.5, 0.6) is 5.75 Å². The quantitative estimate of drug-likeness (QED) is 0.806. The third-order valence-corrected chi connectivity index (χ3v) is 2.49. The molecule has 0 aliphatic heterocycles. The van der Waals surface area contributed by atoms with Gasteiger partial charge in [-0.15, -0.1) is 11.8 Å². The van der Waals surface area contributed by atoms with E-state index in [1.165, 1.54) is 23.9 Å². The van der Waals surface area contributed by atoms with Gasteiger partial charge in [0, 0.05) is 5.75 Å². The molecule has 3 nitrogen and oxygen atoms in total. The van der Waals surface area contributed by atoms with Crippen LogP contribution in [0.25, 0.3) is 0 Å². The lowest BCUT2D eigenvalue weighted by molar-refractivity contribution is -0.133. The summed E-state index contributed by atoms with van der Waals surface area (Å²) >= 11 is 1.20. The smallest absolute Gasteiger partial charge is 0.313 e. The van der Waals surface area contributed by atoms with Gasteiger partial charge in [-0.2, -0.15) is 0 Å². The number of phenolic OH excluding ortho intramolecular Hbond substituents is 1. The molecule has 0 spiro atoms. The second-order valence-corrected chi connectivity index (χ2v) is 3.66. The van der Waals surface area contributed by atoms with Crippen LogP contribution >= 0.6 is 11.8 Å². The van der Waals surface area contributed by atoms with E-state index in [2.05, 4.69) is 0 Å². The molecule has 5 heteroatoms. The van der Waals surface area contributed by atoms with Gasteiger partial charge in [-0.1, -0.05) is 6.07 Å². The molecule has 2 N–H and O–H groups in total. The van der Waals surface area contributed by atoms with Crippen molar-refractivity contribution in [1.82, 2.24) is 0 Å². The SMILES string of the molecule is O=C(O)CSCc1ccc(F)c(O)c1. The molecule has 0 heterocycles. The first kappa shape index (κ1) is 10.8. The van der Waals surface area contributed by atoms with Gasteiger partial charge in [-0.25, -0.2) is 4.39 Å². The Balaban J connectivity index is 2.51. The topological polar surface area (TPSA) is 57.5 Å². The van der Waals surface area contributed by atoms with Gasteiger partial charge in [0.2, 0.25) is 0 Å². The van der Waals surface area contributed by atoms with Crippen LogP contribution in [0.4, 0.5) is 4.39 Å². The van der Waals surface area contributed by atoms with Crippen molar-refractivity contribution >= 4 is 17.7 Å². The van der Waals surface area contributed by atoms with Crippen molar-refractivity contribution in [2.75, 3.05) is 5.75 Å². The van der Waals surface area contributed by atoms with Crippen LogP contribution in [-0.4, -0.2) is 21.9 Å². The highest BCUT2D eigenvalue weighted by molar-refractivity contribution is 7.99. The summed E-state index contributed by atoms with van der Waals surface area (Å²) in [4.78, 5) is 10.2. The summed E-state index contributed by atoms with van der Waals surface area (Å²) in [6.07, 6.45) is 0. The zero-order chi connectivity index (χ0) is 10.6. The number of aliphatic carboxylic acids is 1. The molecule has 0 unspecified atom stereocenters. The van der Waals surface area contributed by atoms with Crippen LogP contribution in [0.1, 0.15) is 5.56 Å². The zero-order valence-electron chi connectivity index (χ0n) is 7.24. The lowest BCUT2D eigenvalue weighted by Gasteiger charge is -2.01. The van der Waals surface area contributed by atoms with E-state index in [1.807, 2.05) is 0 Å². The lowest BCUT2D eigenvalue weighted by Crippen LogP contribution is -1.98. The van der Waals surface area contributed by atoms with Crippen LogP contribution in [0.2, 0.25) is 0 Å². The Hall–Kier alpha value is -1.23. The van der Waals surface area contributed by atoms with Crippen molar-refractivity contribution in [2.45, 2.75) is 5.75 Å². The maximum atomic E-state index is 12.6. The van der Waals surface area contributed by atoms with E-state index in [0.717, 1.165) is 6.07 Å². The first-order valence-electron chi connectivity index (χ1n) is 3.86. The Morgan fingerprint density at radius 1 is 1.50 bits per heavy atom. The molecule has 0 fully saturated rings. The molecule has 1 aromatic rings. The van der Waals surface area contributed by atoms with Gasteiger partial charge < -0.3 is 10.2 Å². The predicted octanol–water partition coefficient (Wildman–Crippen LogP) is 1.85. The van der Waals surface area contributed by atoms with Crippen LogP contribution in [0.15, 0.2) is 18.2 Å². The molecule has 1 aromatic carbocycles. The third-order valence-electron chi connectivity index (χ3n) is 1.50. The maximum absolute atomic E-state index is 12.6. The second kappa shape index (κ2) is 4.85. The molecule has 0 aliphatic carbocycles. The van der Waals surface area contributed by atoms with Gasteiger partial charge in [0.15, 0.2) is 11.6 Å². The predicted molar refractivity (Wildman–Crippen MR) is 51.9 cm³/mol. The summed E-state index contributed by atoms with van der Waals surface area (Å²) in [6.45, 7) is 0. The minimum absolute atomic E-state index is 0.00185. The van der Waals surface area contributed by atoms with E-state index in [-0.39, 0.29) is 5.75 Å². The maximum Gasteiger partial charge on any atom is 0.313 e. The highest BCUT2D eigenvalue weighted by Gasteiger charge is 2.02. The molecular formula is C9H9FO3S. The van der Waals surface area contributed by atoms with Crippen LogP contribution in [-0.2, 0) is 10.5 Å². The molecule has 76 valence electrons. The summed E-state index contributed by atoms with van der Waals surface area (Å²) in [5.41, 5.74) is 0.704. The number of benzene rings is 1. The number of phenols is 1. The molecule has 0 saturated carbocycles. The molecular weight excluding hydrogens is 207 g/mol. The Morgan fingerprint density at radius 2 is 2.21 bits per heavy atom. The van der Waals surface area contributed by atoms with Crippen molar-refractivity contribution in [1.29, 1.82) is 0 Å². The van der Waals surface area contributed by atoms with Gasteiger partial charge >= 0.3 is 5.97 Å². The normalized spacial score (nSPS) is 10.1. The van der Waals surface area contributed by atoms with E-state index in [0.29, 0.717) is 11.3 Å². The molecule has 0 atom stereocenters. The van der Waals surface area contributed by atoms with Gasteiger partial charge in [-0.3, -0.25) is 4.79 Å². The number of carboxylic acid groups (broad SMARTS) is 1. The fourth-order valence-electron chi connectivity index (χ4n) is 0.904. The van der Waals surface area contributed by atoms with Crippen molar-refractivity contribution in [3.05, 3.63) is 29.6 Å². The number of carbonyl (C=O) groups is 1. The fourth-order valence-corrected chi connectivity index (χ4v) is 1.60. The Labute approximate surface area is 84.6 Å². The van der Waals surface area contributed by atoms with Crippen molar-refractivity contribution < 1.29 is 19.4 Å². The molecule has 0 saturated heterocycles. The Morgan fingerprint density at radius 3 is 2.79 bits per heavy atom. The highest BCUT2D eigenvalue weighted by atomic mass is 32.2. The van der Waals surface area contributed by atoms with Crippen LogP contribution in [0, 0.1) is 5.82 Å².